The molecule has 2 rings (SSSR count). The monoisotopic (exact) mass is 311 g/mol. The normalized spacial score (nSPS) is 10.8. The van der Waals surface area contributed by atoms with Gasteiger partial charge in [0.05, 0.1) is 0 Å². The molecule has 0 aliphatic carbocycles. The zero-order valence-corrected chi connectivity index (χ0v) is 12.3. The van der Waals surface area contributed by atoms with E-state index in [0.29, 0.717) is 0 Å². The van der Waals surface area contributed by atoms with Crippen LogP contribution in [0, 0.1) is 0 Å². The molecule has 0 bridgehead atoms. The van der Waals surface area contributed by atoms with Crippen molar-refractivity contribution in [1.29, 1.82) is 0 Å². The van der Waals surface area contributed by atoms with Crippen LogP contribution in [0.15, 0.2) is 33.9 Å². The van der Waals surface area contributed by atoms with Gasteiger partial charge in [0.15, 0.2) is 11.0 Å². The Morgan fingerprint density at radius 2 is 1.88 bits per heavy atom. The summed E-state index contributed by atoms with van der Waals surface area (Å²) in [7, 11) is 0. The van der Waals surface area contributed by atoms with Crippen LogP contribution in [0.3, 0.4) is 0 Å². The second-order valence-corrected chi connectivity index (χ2v) is 5.64. The van der Waals surface area contributed by atoms with Crippen molar-refractivity contribution in [2.45, 2.75) is 25.5 Å². The molecular formula is C12H14BrN3S. The first-order valence-corrected chi connectivity index (χ1v) is 7.36. The van der Waals surface area contributed by atoms with Crippen LogP contribution >= 0.6 is 27.7 Å². The summed E-state index contributed by atoms with van der Waals surface area (Å²) in [6.07, 6.45) is 0. The van der Waals surface area contributed by atoms with E-state index >= 15 is 0 Å². The van der Waals surface area contributed by atoms with Crippen LogP contribution in [-0.4, -0.2) is 20.5 Å². The fourth-order valence-corrected chi connectivity index (χ4v) is 2.61. The van der Waals surface area contributed by atoms with Crippen LogP contribution in [0.25, 0.3) is 11.4 Å². The number of hydrogen-bond acceptors (Lipinski definition) is 3. The molecule has 1 heterocycles. The highest BCUT2D eigenvalue weighted by molar-refractivity contribution is 9.10. The number of thioether (sulfide) groups is 1. The van der Waals surface area contributed by atoms with E-state index in [0.717, 1.165) is 33.3 Å². The predicted octanol–water partition coefficient (Wildman–Crippen LogP) is 3.84. The highest BCUT2D eigenvalue weighted by Gasteiger charge is 2.11. The lowest BCUT2D eigenvalue weighted by molar-refractivity contribution is 0.687. The minimum absolute atomic E-state index is 0.890. The van der Waals surface area contributed by atoms with E-state index in [1.54, 1.807) is 11.8 Å². The number of rotatable bonds is 4. The molecule has 0 radical (unpaired) electrons. The maximum atomic E-state index is 4.28. The molecular weight excluding hydrogens is 298 g/mol. The first-order chi connectivity index (χ1) is 8.26. The minimum Gasteiger partial charge on any atom is -0.302 e. The van der Waals surface area contributed by atoms with E-state index in [2.05, 4.69) is 56.7 Å². The first kappa shape index (κ1) is 12.6. The van der Waals surface area contributed by atoms with Gasteiger partial charge < -0.3 is 4.57 Å². The molecule has 0 N–H and O–H groups in total. The van der Waals surface area contributed by atoms with Crippen LogP contribution < -0.4 is 0 Å². The molecule has 0 aliphatic rings. The van der Waals surface area contributed by atoms with Gasteiger partial charge in [-0.25, -0.2) is 0 Å². The molecule has 17 heavy (non-hydrogen) atoms. The van der Waals surface area contributed by atoms with Crippen molar-refractivity contribution < 1.29 is 0 Å². The summed E-state index contributed by atoms with van der Waals surface area (Å²) in [6.45, 7) is 5.13. The molecule has 0 unspecified atom stereocenters. The van der Waals surface area contributed by atoms with Gasteiger partial charge in [-0.1, -0.05) is 46.7 Å². The molecule has 0 saturated carbocycles. The van der Waals surface area contributed by atoms with Gasteiger partial charge >= 0.3 is 0 Å². The Labute approximate surface area is 114 Å². The third-order valence-corrected chi connectivity index (χ3v) is 3.79. The summed E-state index contributed by atoms with van der Waals surface area (Å²) in [5.74, 6) is 1.95. The standard InChI is InChI=1S/C12H14BrN3S/c1-3-16-11(14-15-12(16)17-4-2)9-5-7-10(13)8-6-9/h5-8H,3-4H2,1-2H3. The maximum absolute atomic E-state index is 4.28. The lowest BCUT2D eigenvalue weighted by atomic mass is 10.2. The largest absolute Gasteiger partial charge is 0.302 e. The molecule has 0 fully saturated rings. The molecule has 90 valence electrons. The zero-order valence-electron chi connectivity index (χ0n) is 9.85. The quantitative estimate of drug-likeness (QED) is 0.804. The van der Waals surface area contributed by atoms with Crippen molar-refractivity contribution >= 4 is 27.7 Å². The van der Waals surface area contributed by atoms with Crippen LogP contribution in [0.2, 0.25) is 0 Å². The highest BCUT2D eigenvalue weighted by atomic mass is 79.9. The third kappa shape index (κ3) is 2.72. The number of benzene rings is 1. The van der Waals surface area contributed by atoms with Gasteiger partial charge in [0, 0.05) is 16.6 Å². The summed E-state index contributed by atoms with van der Waals surface area (Å²) < 4.78 is 3.23. The second-order valence-electron chi connectivity index (χ2n) is 3.49. The Morgan fingerprint density at radius 3 is 2.47 bits per heavy atom. The smallest absolute Gasteiger partial charge is 0.191 e. The Bertz CT molecular complexity index is 493. The molecule has 2 aromatic rings. The zero-order chi connectivity index (χ0) is 12.3. The second kappa shape index (κ2) is 5.69. The number of aromatic nitrogens is 3. The van der Waals surface area contributed by atoms with Crippen LogP contribution in [-0.2, 0) is 6.54 Å². The first-order valence-electron chi connectivity index (χ1n) is 5.58. The lowest BCUT2D eigenvalue weighted by Crippen LogP contribution is -1.99. The lowest BCUT2D eigenvalue weighted by Gasteiger charge is -2.06. The SMILES string of the molecule is CCSc1nnc(-c2ccc(Br)cc2)n1CC. The van der Waals surface area contributed by atoms with Crippen LogP contribution in [0.1, 0.15) is 13.8 Å². The molecule has 1 aromatic heterocycles. The van der Waals surface area contributed by atoms with Gasteiger partial charge in [-0.15, -0.1) is 10.2 Å². The van der Waals surface area contributed by atoms with Gasteiger partial charge in [0.25, 0.3) is 0 Å². The molecule has 0 atom stereocenters. The van der Waals surface area contributed by atoms with E-state index in [-0.39, 0.29) is 0 Å². The van der Waals surface area contributed by atoms with Crippen molar-refractivity contribution in [2.75, 3.05) is 5.75 Å². The molecule has 5 heteroatoms. The van der Waals surface area contributed by atoms with Gasteiger partial charge in [-0.2, -0.15) is 0 Å². The number of hydrogen-bond donors (Lipinski definition) is 0. The van der Waals surface area contributed by atoms with Crippen molar-refractivity contribution in [1.82, 2.24) is 14.8 Å². The summed E-state index contributed by atoms with van der Waals surface area (Å²) in [6, 6.07) is 8.16. The Balaban J connectivity index is 2.41. The fourth-order valence-electron chi connectivity index (χ4n) is 1.62. The number of nitrogens with zero attached hydrogens (tertiary/aromatic N) is 3. The summed E-state index contributed by atoms with van der Waals surface area (Å²) in [4.78, 5) is 0. The molecule has 0 spiro atoms. The molecule has 0 saturated heterocycles. The van der Waals surface area contributed by atoms with Gasteiger partial charge in [-0.05, 0) is 24.8 Å². The van der Waals surface area contributed by atoms with Crippen molar-refractivity contribution in [3.05, 3.63) is 28.7 Å². The Morgan fingerprint density at radius 1 is 1.18 bits per heavy atom. The molecule has 1 aromatic carbocycles. The van der Waals surface area contributed by atoms with Crippen LogP contribution in [0.4, 0.5) is 0 Å². The summed E-state index contributed by atoms with van der Waals surface area (Å²) in [5, 5.41) is 9.52. The average Bonchev–Trinajstić information content (AvgIpc) is 2.73. The van der Waals surface area contributed by atoms with Gasteiger partial charge in [0.1, 0.15) is 0 Å². The van der Waals surface area contributed by atoms with E-state index in [1.165, 1.54) is 0 Å². The average molecular weight is 312 g/mol. The van der Waals surface area contributed by atoms with Crippen molar-refractivity contribution in [3.63, 3.8) is 0 Å². The summed E-state index contributed by atoms with van der Waals surface area (Å²) >= 11 is 5.16. The fraction of sp³-hybridized carbons (Fsp3) is 0.333. The number of halogens is 1. The Hall–Kier alpha value is -0.810. The van der Waals surface area contributed by atoms with E-state index in [1.807, 2.05) is 12.1 Å². The van der Waals surface area contributed by atoms with Crippen molar-refractivity contribution in [2.24, 2.45) is 0 Å². The maximum Gasteiger partial charge on any atom is 0.191 e. The van der Waals surface area contributed by atoms with E-state index in [9.17, 15) is 0 Å². The predicted molar refractivity (Wildman–Crippen MR) is 75.2 cm³/mol. The topological polar surface area (TPSA) is 30.7 Å². The highest BCUT2D eigenvalue weighted by Crippen LogP contribution is 2.24. The van der Waals surface area contributed by atoms with E-state index in [4.69, 9.17) is 0 Å². The molecule has 0 aliphatic heterocycles. The van der Waals surface area contributed by atoms with E-state index < -0.39 is 0 Å². The third-order valence-electron chi connectivity index (χ3n) is 2.41. The minimum atomic E-state index is 0.890. The van der Waals surface area contributed by atoms with Crippen LogP contribution in [0.5, 0.6) is 0 Å². The van der Waals surface area contributed by atoms with Gasteiger partial charge in [-0.3, -0.25) is 0 Å². The molecule has 3 nitrogen and oxygen atoms in total. The molecule has 0 amide bonds. The van der Waals surface area contributed by atoms with Gasteiger partial charge in [0.2, 0.25) is 0 Å². The van der Waals surface area contributed by atoms with Crippen molar-refractivity contribution in [3.8, 4) is 11.4 Å². The Kier molecular flexibility index (Phi) is 4.23. The summed E-state index contributed by atoms with van der Waals surface area (Å²) in [5.41, 5.74) is 1.10.